The third kappa shape index (κ3) is 4.75. The lowest BCUT2D eigenvalue weighted by atomic mass is 10.1. The molecule has 0 radical (unpaired) electrons. The number of rotatable bonds is 8. The second-order valence-corrected chi connectivity index (χ2v) is 7.01. The molecule has 24 heavy (non-hydrogen) atoms. The highest BCUT2D eigenvalue weighted by Gasteiger charge is 2.16. The summed E-state index contributed by atoms with van der Waals surface area (Å²) >= 11 is 2.77. The van der Waals surface area contributed by atoms with Gasteiger partial charge in [0.05, 0.1) is 26.0 Å². The second kappa shape index (κ2) is 8.74. The Bertz CT molecular complexity index is 693. The van der Waals surface area contributed by atoms with E-state index in [-0.39, 0.29) is 17.7 Å². The highest BCUT2D eigenvalue weighted by atomic mass is 32.2. The molecule has 0 spiro atoms. The highest BCUT2D eigenvalue weighted by Crippen LogP contribution is 2.29. The third-order valence-corrected chi connectivity index (χ3v) is 5.30. The summed E-state index contributed by atoms with van der Waals surface area (Å²) in [6.45, 7) is 1.91. The molecule has 0 saturated carbocycles. The van der Waals surface area contributed by atoms with E-state index < -0.39 is 0 Å². The first-order valence-corrected chi connectivity index (χ1v) is 9.03. The number of thioether (sulfide) groups is 1. The zero-order chi connectivity index (χ0) is 17.5. The number of nitrogens with zero attached hydrogens (tertiary/aromatic N) is 2. The fourth-order valence-corrected chi connectivity index (χ4v) is 3.55. The molecule has 0 aliphatic rings. The number of hydrogen-bond donors (Lipinski definition) is 2. The molecule has 9 heteroatoms. The minimum Gasteiger partial charge on any atom is -0.497 e. The molecule has 2 N–H and O–H groups in total. The van der Waals surface area contributed by atoms with Crippen LogP contribution >= 0.6 is 23.1 Å². The van der Waals surface area contributed by atoms with Crippen molar-refractivity contribution in [2.75, 3.05) is 32.3 Å². The lowest BCUT2D eigenvalue weighted by Crippen LogP contribution is -2.28. The van der Waals surface area contributed by atoms with Crippen LogP contribution in [0, 0.1) is 0 Å². The molecule has 0 aliphatic carbocycles. The minimum absolute atomic E-state index is 0.0846. The normalized spacial score (nSPS) is 11.7. The zero-order valence-corrected chi connectivity index (χ0v) is 15.6. The van der Waals surface area contributed by atoms with Gasteiger partial charge in [0.2, 0.25) is 11.0 Å². The van der Waals surface area contributed by atoms with Gasteiger partial charge in [-0.25, -0.2) is 0 Å². The first-order chi connectivity index (χ1) is 11.6. The number of amides is 1. The smallest absolute Gasteiger partial charge is 0.230 e. The number of nitrogens with one attached hydrogen (secondary N) is 2. The lowest BCUT2D eigenvalue weighted by molar-refractivity contribution is -0.119. The molecular formula is C15H20N4O3S2. The van der Waals surface area contributed by atoms with Crippen molar-refractivity contribution in [3.63, 3.8) is 0 Å². The molecular weight excluding hydrogens is 348 g/mol. The topological polar surface area (TPSA) is 85.4 Å². The minimum atomic E-state index is -0.203. The number of methoxy groups -OCH3 is 2. The zero-order valence-electron chi connectivity index (χ0n) is 14.0. The Labute approximate surface area is 149 Å². The van der Waals surface area contributed by atoms with E-state index in [0.717, 1.165) is 20.8 Å². The van der Waals surface area contributed by atoms with Gasteiger partial charge in [-0.1, -0.05) is 23.1 Å². The van der Waals surface area contributed by atoms with E-state index >= 15 is 0 Å². The van der Waals surface area contributed by atoms with Crippen LogP contribution in [0.15, 0.2) is 22.5 Å². The number of aromatic nitrogens is 2. The summed E-state index contributed by atoms with van der Waals surface area (Å²) < 4.78 is 11.3. The van der Waals surface area contributed by atoms with Crippen LogP contribution < -0.4 is 20.1 Å². The predicted octanol–water partition coefficient (Wildman–Crippen LogP) is 2.57. The summed E-state index contributed by atoms with van der Waals surface area (Å²) in [5.74, 6) is 1.61. The van der Waals surface area contributed by atoms with Crippen molar-refractivity contribution < 1.29 is 14.3 Å². The Morgan fingerprint density at radius 1 is 1.33 bits per heavy atom. The summed E-state index contributed by atoms with van der Waals surface area (Å²) in [6.07, 6.45) is 0. The highest BCUT2D eigenvalue weighted by molar-refractivity contribution is 8.01. The van der Waals surface area contributed by atoms with Gasteiger partial charge in [-0.15, -0.1) is 10.2 Å². The maximum Gasteiger partial charge on any atom is 0.230 e. The number of carbonyl (C=O) groups is 1. The van der Waals surface area contributed by atoms with Gasteiger partial charge in [0.15, 0.2) is 4.34 Å². The Hall–Kier alpha value is -2.00. The molecule has 1 heterocycles. The summed E-state index contributed by atoms with van der Waals surface area (Å²) in [5.41, 5.74) is 0.864. The molecule has 130 valence electrons. The quantitative estimate of drug-likeness (QED) is 0.693. The van der Waals surface area contributed by atoms with Crippen LogP contribution in [0.4, 0.5) is 5.13 Å². The van der Waals surface area contributed by atoms with Crippen LogP contribution in [-0.4, -0.2) is 43.1 Å². The van der Waals surface area contributed by atoms with E-state index in [1.807, 2.05) is 25.1 Å². The Kier molecular flexibility index (Phi) is 6.68. The van der Waals surface area contributed by atoms with Crippen molar-refractivity contribution in [2.45, 2.75) is 17.3 Å². The van der Waals surface area contributed by atoms with Gasteiger partial charge >= 0.3 is 0 Å². The third-order valence-electron chi connectivity index (χ3n) is 3.23. The van der Waals surface area contributed by atoms with Gasteiger partial charge in [0.25, 0.3) is 0 Å². The van der Waals surface area contributed by atoms with Gasteiger partial charge in [-0.3, -0.25) is 4.79 Å². The lowest BCUT2D eigenvalue weighted by Gasteiger charge is -2.18. The van der Waals surface area contributed by atoms with Crippen LogP contribution in [0.1, 0.15) is 18.5 Å². The monoisotopic (exact) mass is 368 g/mol. The predicted molar refractivity (Wildman–Crippen MR) is 96.3 cm³/mol. The molecule has 0 aliphatic heterocycles. The second-order valence-electron chi connectivity index (χ2n) is 4.81. The molecule has 1 amide bonds. The fraction of sp³-hybridized carbons (Fsp3) is 0.400. The SMILES string of the molecule is CNc1nnc(SCC(=O)NC(C)c2cc(OC)ccc2OC)s1. The number of carbonyl (C=O) groups excluding carboxylic acids is 1. The molecule has 1 atom stereocenters. The molecule has 2 aromatic rings. The summed E-state index contributed by atoms with van der Waals surface area (Å²) in [7, 11) is 4.99. The van der Waals surface area contributed by atoms with Crippen molar-refractivity contribution >= 4 is 34.1 Å². The largest absolute Gasteiger partial charge is 0.497 e. The van der Waals surface area contributed by atoms with E-state index in [1.54, 1.807) is 21.3 Å². The molecule has 1 unspecified atom stereocenters. The van der Waals surface area contributed by atoms with E-state index in [2.05, 4.69) is 20.8 Å². The van der Waals surface area contributed by atoms with Crippen LogP contribution in [0.25, 0.3) is 0 Å². The van der Waals surface area contributed by atoms with Gasteiger partial charge < -0.3 is 20.1 Å². The Balaban J connectivity index is 1.95. The first kappa shape index (κ1) is 18.3. The molecule has 7 nitrogen and oxygen atoms in total. The summed E-state index contributed by atoms with van der Waals surface area (Å²) in [6, 6.07) is 5.31. The molecule has 0 bridgehead atoms. The molecule has 1 aromatic carbocycles. The van der Waals surface area contributed by atoms with Crippen LogP contribution in [0.2, 0.25) is 0 Å². The molecule has 2 rings (SSSR count). The standard InChI is InChI=1S/C15H20N4O3S2/c1-9(11-7-10(21-3)5-6-12(11)22-4)17-13(20)8-23-15-19-18-14(16-2)24-15/h5-7,9H,8H2,1-4H3,(H,16,18)(H,17,20). The van der Waals surface area contributed by atoms with Gasteiger partial charge in [0, 0.05) is 12.6 Å². The van der Waals surface area contributed by atoms with Gasteiger partial charge in [-0.2, -0.15) is 0 Å². The Morgan fingerprint density at radius 3 is 2.75 bits per heavy atom. The average molecular weight is 368 g/mol. The average Bonchev–Trinajstić information content (AvgIpc) is 3.07. The number of hydrogen-bond acceptors (Lipinski definition) is 8. The first-order valence-electron chi connectivity index (χ1n) is 7.22. The van der Waals surface area contributed by atoms with Crippen molar-refractivity contribution in [2.24, 2.45) is 0 Å². The maximum absolute atomic E-state index is 12.2. The van der Waals surface area contributed by atoms with Crippen molar-refractivity contribution in [3.05, 3.63) is 23.8 Å². The van der Waals surface area contributed by atoms with Crippen molar-refractivity contribution in [3.8, 4) is 11.5 Å². The van der Waals surface area contributed by atoms with Gasteiger partial charge in [0.1, 0.15) is 11.5 Å². The van der Waals surface area contributed by atoms with Crippen LogP contribution in [0.3, 0.4) is 0 Å². The number of ether oxygens (including phenoxy) is 2. The maximum atomic E-state index is 12.2. The van der Waals surface area contributed by atoms with Crippen LogP contribution in [-0.2, 0) is 4.79 Å². The summed E-state index contributed by atoms with van der Waals surface area (Å²) in [5, 5.41) is 14.5. The van der Waals surface area contributed by atoms with Gasteiger partial charge in [-0.05, 0) is 25.1 Å². The van der Waals surface area contributed by atoms with E-state index in [4.69, 9.17) is 9.47 Å². The molecule has 1 aromatic heterocycles. The number of benzene rings is 1. The van der Waals surface area contributed by atoms with Crippen molar-refractivity contribution in [1.29, 1.82) is 0 Å². The van der Waals surface area contributed by atoms with E-state index in [9.17, 15) is 4.79 Å². The Morgan fingerprint density at radius 2 is 2.12 bits per heavy atom. The summed E-state index contributed by atoms with van der Waals surface area (Å²) in [4.78, 5) is 12.2. The number of anilines is 1. The van der Waals surface area contributed by atoms with Crippen molar-refractivity contribution in [1.82, 2.24) is 15.5 Å². The van der Waals surface area contributed by atoms with E-state index in [0.29, 0.717) is 5.75 Å². The van der Waals surface area contributed by atoms with Crippen LogP contribution in [0.5, 0.6) is 11.5 Å². The molecule has 0 saturated heterocycles. The molecule has 0 fully saturated rings. The van der Waals surface area contributed by atoms with E-state index in [1.165, 1.54) is 23.1 Å². The fourth-order valence-electron chi connectivity index (χ4n) is 2.04.